The lowest BCUT2D eigenvalue weighted by Gasteiger charge is -2.32. The van der Waals surface area contributed by atoms with Gasteiger partial charge in [0.25, 0.3) is 0 Å². The van der Waals surface area contributed by atoms with Gasteiger partial charge in [0, 0.05) is 13.1 Å². The number of nitrogens with one attached hydrogen (secondary N) is 7. The lowest BCUT2D eigenvalue weighted by atomic mass is 9.96. The van der Waals surface area contributed by atoms with Gasteiger partial charge in [0.05, 0.1) is 31.9 Å². The highest BCUT2D eigenvalue weighted by Crippen LogP contribution is 2.21. The molecule has 9 amide bonds. The van der Waals surface area contributed by atoms with Gasteiger partial charge < -0.3 is 85.5 Å². The van der Waals surface area contributed by atoms with Crippen molar-refractivity contribution >= 4 is 77.0 Å². The van der Waals surface area contributed by atoms with Crippen LogP contribution in [0.4, 0.5) is 0 Å². The third-order valence-corrected chi connectivity index (χ3v) is 11.8. The Balaban J connectivity index is 3.29. The number of aliphatic hydroxyl groups is 1. The number of carboxylic acid groups (broad SMARTS) is 3. The van der Waals surface area contributed by atoms with Gasteiger partial charge in [-0.1, -0.05) is 54.4 Å². The first-order chi connectivity index (χ1) is 33.6. The minimum absolute atomic E-state index is 0.00766. The number of nitrogens with two attached hydrogens (primary N) is 4. The summed E-state index contributed by atoms with van der Waals surface area (Å²) in [4.78, 5) is 160. The molecule has 1 saturated heterocycles. The molecule has 11 atom stereocenters. The monoisotopic (exact) mass is 1030 g/mol. The SMILES string of the molecule is CC[C@H](C)[C@H](NC(=O)[C@H](CC(=O)O)NC(=O)[C@@H](NC(=O)[C@H](CO)NC(=O)[C@@H]1CCCN1C(=O)[C@@H](NC(=O)[C@H](CC(N)=O)NC(=O)[C@@H](N)CC(=O)O)C(C)C)[C@@H](C)CC)C(=O)N[C@@H](CCCN=C(N)N)C(=O)O. The zero-order chi connectivity index (χ0) is 55.2. The van der Waals surface area contributed by atoms with Crippen molar-refractivity contribution in [2.45, 2.75) is 154 Å². The number of carbonyl (C=O) groups excluding carboxylic acids is 9. The van der Waals surface area contributed by atoms with E-state index in [0.29, 0.717) is 0 Å². The summed E-state index contributed by atoms with van der Waals surface area (Å²) < 4.78 is 0. The zero-order valence-corrected chi connectivity index (χ0v) is 41.3. The fourth-order valence-corrected chi connectivity index (χ4v) is 7.26. The first-order valence-electron chi connectivity index (χ1n) is 23.4. The quantitative estimate of drug-likeness (QED) is 0.0170. The molecule has 29 nitrogen and oxygen atoms in total. The van der Waals surface area contributed by atoms with E-state index in [1.54, 1.807) is 34.6 Å². The van der Waals surface area contributed by atoms with Crippen LogP contribution in [-0.2, 0) is 57.5 Å². The molecule has 19 N–H and O–H groups in total. The number of rotatable bonds is 32. The number of likely N-dealkylation sites (tertiary alicyclic amines) is 1. The predicted octanol–water partition coefficient (Wildman–Crippen LogP) is -5.60. The Morgan fingerprint density at radius 1 is 0.611 bits per heavy atom. The maximum atomic E-state index is 14.0. The van der Waals surface area contributed by atoms with Crippen molar-refractivity contribution in [3.05, 3.63) is 0 Å². The molecule has 0 aromatic heterocycles. The summed E-state index contributed by atoms with van der Waals surface area (Å²) >= 11 is 0. The summed E-state index contributed by atoms with van der Waals surface area (Å²) in [5.41, 5.74) is 21.5. The van der Waals surface area contributed by atoms with Crippen molar-refractivity contribution in [1.29, 1.82) is 0 Å². The van der Waals surface area contributed by atoms with Gasteiger partial charge in [0.15, 0.2) is 5.96 Å². The van der Waals surface area contributed by atoms with Crippen molar-refractivity contribution in [3.63, 3.8) is 0 Å². The minimum atomic E-state index is -1.85. The van der Waals surface area contributed by atoms with Crippen LogP contribution in [0.2, 0.25) is 0 Å². The van der Waals surface area contributed by atoms with Gasteiger partial charge in [-0.15, -0.1) is 0 Å². The normalized spacial score (nSPS) is 17.3. The number of carbonyl (C=O) groups is 12. The van der Waals surface area contributed by atoms with E-state index in [0.717, 1.165) is 4.90 Å². The predicted molar refractivity (Wildman–Crippen MR) is 253 cm³/mol. The van der Waals surface area contributed by atoms with Crippen LogP contribution in [0.25, 0.3) is 0 Å². The van der Waals surface area contributed by atoms with Crippen LogP contribution in [0.5, 0.6) is 0 Å². The lowest BCUT2D eigenvalue weighted by Crippen LogP contribution is -2.62. The Labute approximate surface area is 415 Å². The highest BCUT2D eigenvalue weighted by molar-refractivity contribution is 6.00. The van der Waals surface area contributed by atoms with Crippen molar-refractivity contribution in [1.82, 2.24) is 42.1 Å². The molecule has 0 radical (unpaired) electrons. The minimum Gasteiger partial charge on any atom is -0.481 e. The highest BCUT2D eigenvalue weighted by Gasteiger charge is 2.42. The Morgan fingerprint density at radius 2 is 1.08 bits per heavy atom. The number of aliphatic imine (C=N–C) groups is 1. The van der Waals surface area contributed by atoms with Gasteiger partial charge >= 0.3 is 17.9 Å². The van der Waals surface area contributed by atoms with Crippen LogP contribution >= 0.6 is 0 Å². The molecule has 1 aliphatic rings. The maximum absolute atomic E-state index is 14.0. The number of hydrogen-bond acceptors (Lipinski definition) is 15. The average Bonchev–Trinajstić information content (AvgIpc) is 3.80. The van der Waals surface area contributed by atoms with Crippen LogP contribution in [0, 0.1) is 17.8 Å². The van der Waals surface area contributed by atoms with E-state index in [1.165, 1.54) is 6.92 Å². The second kappa shape index (κ2) is 30.5. The van der Waals surface area contributed by atoms with Gasteiger partial charge in [0.2, 0.25) is 53.2 Å². The van der Waals surface area contributed by atoms with Crippen LogP contribution in [-0.4, -0.2) is 176 Å². The van der Waals surface area contributed by atoms with Crippen LogP contribution in [0.15, 0.2) is 4.99 Å². The lowest BCUT2D eigenvalue weighted by molar-refractivity contribution is -0.144. The van der Waals surface area contributed by atoms with Gasteiger partial charge in [-0.05, 0) is 43.4 Å². The van der Waals surface area contributed by atoms with E-state index in [4.69, 9.17) is 28.0 Å². The molecule has 0 spiro atoms. The van der Waals surface area contributed by atoms with Crippen molar-refractivity contribution in [3.8, 4) is 0 Å². The molecular formula is C43H73N13O16. The summed E-state index contributed by atoms with van der Waals surface area (Å²) in [6.07, 6.45) is -1.66. The zero-order valence-electron chi connectivity index (χ0n) is 41.3. The van der Waals surface area contributed by atoms with E-state index in [1.807, 2.05) is 0 Å². The largest absolute Gasteiger partial charge is 0.481 e. The van der Waals surface area contributed by atoms with Gasteiger partial charge in [-0.25, -0.2) is 4.79 Å². The number of primary amides is 1. The van der Waals surface area contributed by atoms with E-state index >= 15 is 0 Å². The van der Waals surface area contributed by atoms with E-state index < -0.39 is 169 Å². The molecule has 0 saturated carbocycles. The van der Waals surface area contributed by atoms with E-state index in [2.05, 4.69) is 42.2 Å². The number of hydrogen-bond donors (Lipinski definition) is 15. The molecule has 29 heteroatoms. The second-order valence-corrected chi connectivity index (χ2v) is 17.9. The number of carboxylic acids is 3. The van der Waals surface area contributed by atoms with Crippen molar-refractivity contribution < 1.29 is 78.0 Å². The van der Waals surface area contributed by atoms with Crippen molar-refractivity contribution in [2.75, 3.05) is 19.7 Å². The molecule has 1 heterocycles. The fraction of sp³-hybridized carbons (Fsp3) is 0.698. The summed E-state index contributed by atoms with van der Waals surface area (Å²) in [6.45, 7) is 8.57. The highest BCUT2D eigenvalue weighted by atomic mass is 16.4. The third kappa shape index (κ3) is 20.7. The number of amides is 9. The first-order valence-corrected chi connectivity index (χ1v) is 23.4. The van der Waals surface area contributed by atoms with E-state index in [-0.39, 0.29) is 57.6 Å². The topological polar surface area (TPSA) is 490 Å². The number of aliphatic carboxylic acids is 3. The first kappa shape index (κ1) is 62.8. The number of aliphatic hydroxyl groups excluding tert-OH is 1. The molecule has 0 aromatic carbocycles. The Bertz CT molecular complexity index is 2000. The van der Waals surface area contributed by atoms with Crippen LogP contribution < -0.4 is 60.2 Å². The molecule has 1 aliphatic heterocycles. The molecule has 406 valence electrons. The molecular weight excluding hydrogens is 955 g/mol. The molecule has 0 aromatic rings. The summed E-state index contributed by atoms with van der Waals surface area (Å²) in [5, 5.41) is 55.2. The molecule has 72 heavy (non-hydrogen) atoms. The fourth-order valence-electron chi connectivity index (χ4n) is 7.26. The second-order valence-electron chi connectivity index (χ2n) is 17.9. The summed E-state index contributed by atoms with van der Waals surface area (Å²) in [6, 6.07) is -13.8. The molecule has 0 aliphatic carbocycles. The standard InChI is InChI=1S/C43H73N13O16/c1-7-20(5)32(39(68)49-23(42(71)72)11-9-13-48-43(46)47)54-36(65)25(17-30(61)62)51-40(69)33(21(6)8-2)55-37(66)26(18-57)52-38(67)27-12-10-14-56(27)41(70)31(19(3)4)53-35(64)24(16-28(45)58)50-34(63)22(44)15-29(59)60/h19-27,31-33,57H,7-18,44H2,1-6H3,(H2,45,58)(H,49,68)(H,50,63)(H,51,69)(H,52,67)(H,53,64)(H,54,65)(H,55,66)(H,59,60)(H,61,62)(H,71,72)(H4,46,47,48)/t20-,21-,22-,23-,24-,25-,26-,27-,31-,32-,33-/m0/s1. The Kier molecular flexibility index (Phi) is 26.7. The third-order valence-electron chi connectivity index (χ3n) is 11.8. The molecule has 1 rings (SSSR count). The number of nitrogens with zero attached hydrogens (tertiary/aromatic N) is 2. The van der Waals surface area contributed by atoms with Gasteiger partial charge in [-0.2, -0.15) is 0 Å². The average molecular weight is 1030 g/mol. The van der Waals surface area contributed by atoms with Crippen LogP contribution in [0.1, 0.15) is 99.3 Å². The Hall–Kier alpha value is -7.17. The van der Waals surface area contributed by atoms with Gasteiger partial charge in [-0.3, -0.25) is 57.7 Å². The molecule has 0 unspecified atom stereocenters. The smallest absolute Gasteiger partial charge is 0.326 e. The van der Waals surface area contributed by atoms with Crippen LogP contribution in [0.3, 0.4) is 0 Å². The Morgan fingerprint density at radius 3 is 1.53 bits per heavy atom. The van der Waals surface area contributed by atoms with E-state index in [9.17, 15) is 72.9 Å². The summed E-state index contributed by atoms with van der Waals surface area (Å²) in [5.74, 6) is -15.7. The maximum Gasteiger partial charge on any atom is 0.326 e. The van der Waals surface area contributed by atoms with Crippen molar-refractivity contribution in [2.24, 2.45) is 45.7 Å². The number of guanidine groups is 1. The van der Waals surface area contributed by atoms with Gasteiger partial charge in [0.1, 0.15) is 48.3 Å². The molecule has 0 bridgehead atoms. The molecule has 1 fully saturated rings. The summed E-state index contributed by atoms with van der Waals surface area (Å²) in [7, 11) is 0.